The Labute approximate surface area is 321 Å². The van der Waals surface area contributed by atoms with Crippen LogP contribution >= 0.6 is 0 Å². The van der Waals surface area contributed by atoms with Gasteiger partial charge in [-0.1, -0.05) is 66.6 Å². The average molecular weight is 715 g/mol. The van der Waals surface area contributed by atoms with Crippen molar-refractivity contribution in [3.05, 3.63) is 161 Å². The van der Waals surface area contributed by atoms with Gasteiger partial charge < -0.3 is 19.0 Å². The van der Waals surface area contributed by atoms with Crippen molar-refractivity contribution in [3.8, 4) is 23.1 Å². The van der Waals surface area contributed by atoms with Crippen molar-refractivity contribution < 1.29 is 9.15 Å². The number of pyridine rings is 1. The van der Waals surface area contributed by atoms with Crippen molar-refractivity contribution in [3.63, 3.8) is 0 Å². The Kier molecular flexibility index (Phi) is 7.66. The van der Waals surface area contributed by atoms with Gasteiger partial charge in [0.15, 0.2) is 5.58 Å². The van der Waals surface area contributed by atoms with Crippen molar-refractivity contribution in [2.45, 2.75) is 41.0 Å². The molecule has 266 valence electrons. The third-order valence-electron chi connectivity index (χ3n) is 11.1. The van der Waals surface area contributed by atoms with Crippen LogP contribution in [0.3, 0.4) is 0 Å². The Balaban J connectivity index is 1.29. The molecule has 0 spiro atoms. The van der Waals surface area contributed by atoms with E-state index in [4.69, 9.17) is 14.1 Å². The Morgan fingerprint density at radius 2 is 1.25 bits per heavy atom. The Morgan fingerprint density at radius 1 is 0.618 bits per heavy atom. The topological polar surface area (TPSA) is 54.6 Å². The molecule has 0 unspecified atom stereocenters. The smallest absolute Gasteiger partial charge is 0.252 e. The molecule has 10 rings (SSSR count). The normalized spacial score (nSPS) is 12.8. The van der Waals surface area contributed by atoms with Crippen LogP contribution in [0.25, 0.3) is 22.6 Å². The van der Waals surface area contributed by atoms with Crippen LogP contribution in [-0.4, -0.2) is 16.7 Å². The van der Waals surface area contributed by atoms with E-state index in [-0.39, 0.29) is 6.71 Å². The molecule has 2 aromatic heterocycles. The molecule has 0 saturated heterocycles. The lowest BCUT2D eigenvalue weighted by atomic mass is 9.33. The van der Waals surface area contributed by atoms with Gasteiger partial charge in [-0.2, -0.15) is 0 Å². The van der Waals surface area contributed by atoms with Gasteiger partial charge in [0.1, 0.15) is 11.3 Å². The van der Waals surface area contributed by atoms with E-state index >= 15 is 0 Å². The van der Waals surface area contributed by atoms with Crippen LogP contribution in [0.1, 0.15) is 34.7 Å². The largest absolute Gasteiger partial charge is 0.439 e. The van der Waals surface area contributed by atoms with Gasteiger partial charge in [-0.25, -0.2) is 9.97 Å². The van der Waals surface area contributed by atoms with Crippen molar-refractivity contribution in [2.24, 2.45) is 0 Å². The zero-order valence-electron chi connectivity index (χ0n) is 31.6. The molecule has 0 bridgehead atoms. The van der Waals surface area contributed by atoms with Crippen LogP contribution in [0.4, 0.5) is 34.1 Å². The molecule has 2 aliphatic rings. The molecule has 0 amide bonds. The zero-order valence-corrected chi connectivity index (χ0v) is 31.6. The van der Waals surface area contributed by atoms with Gasteiger partial charge in [-0.15, -0.1) is 0 Å². The molecule has 0 saturated carbocycles. The number of para-hydroxylation sites is 2. The lowest BCUT2D eigenvalue weighted by Crippen LogP contribution is -2.61. The number of benzene rings is 6. The second kappa shape index (κ2) is 12.8. The van der Waals surface area contributed by atoms with Gasteiger partial charge in [-0.3, -0.25) is 0 Å². The fourth-order valence-electron chi connectivity index (χ4n) is 8.60. The highest BCUT2D eigenvalue weighted by Crippen LogP contribution is 2.47. The van der Waals surface area contributed by atoms with Crippen LogP contribution in [0.15, 0.2) is 138 Å². The second-order valence-corrected chi connectivity index (χ2v) is 14.8. The van der Waals surface area contributed by atoms with E-state index in [0.717, 1.165) is 57.0 Å². The summed E-state index contributed by atoms with van der Waals surface area (Å²) in [4.78, 5) is 14.4. The van der Waals surface area contributed by atoms with E-state index in [9.17, 15) is 0 Å². The maximum Gasteiger partial charge on any atom is 0.252 e. The summed E-state index contributed by atoms with van der Waals surface area (Å²) in [6.07, 6.45) is 2.66. The number of aromatic nitrogens is 2. The summed E-state index contributed by atoms with van der Waals surface area (Å²) >= 11 is 0. The summed E-state index contributed by atoms with van der Waals surface area (Å²) in [7, 11) is 0. The van der Waals surface area contributed by atoms with Crippen molar-refractivity contribution >= 4 is 68.3 Å². The molecule has 8 aromatic rings. The molecule has 0 aliphatic carbocycles. The zero-order chi connectivity index (χ0) is 37.4. The van der Waals surface area contributed by atoms with E-state index in [2.05, 4.69) is 134 Å². The first-order valence-electron chi connectivity index (χ1n) is 19.0. The van der Waals surface area contributed by atoms with Gasteiger partial charge >= 0.3 is 0 Å². The average Bonchev–Trinajstić information content (AvgIpc) is 3.63. The molecule has 55 heavy (non-hydrogen) atoms. The van der Waals surface area contributed by atoms with Gasteiger partial charge in [0, 0.05) is 52.0 Å². The molecular formula is C48H39BN4O2. The molecule has 0 fully saturated rings. The fourth-order valence-corrected chi connectivity index (χ4v) is 8.60. The minimum atomic E-state index is -0.124. The fraction of sp³-hybridized carbons (Fsp3) is 0.125. The minimum absolute atomic E-state index is 0.124. The number of nitrogens with zero attached hydrogens (tertiary/aromatic N) is 4. The highest BCUT2D eigenvalue weighted by atomic mass is 16.5. The first kappa shape index (κ1) is 33.0. The van der Waals surface area contributed by atoms with Gasteiger partial charge in [0.2, 0.25) is 11.8 Å². The predicted octanol–water partition coefficient (Wildman–Crippen LogP) is 10.6. The molecule has 0 atom stereocenters. The quantitative estimate of drug-likeness (QED) is 0.160. The number of oxazole rings is 1. The standard InChI is InChI=1S/C48H39BN4O2/c1-6-33-25-43-47-44(26-33)53(40-19-15-30(3)24-32(40)5)42-21-17-35(54-46-13-9-10-22-50-46)28-37(42)49(47)36-27-34(48-51-38-11-7-8-12-45(38)55-48)16-20-41(36)52(43)39-18-14-29(2)23-31(39)4/h7-28H,6H2,1-5H3. The summed E-state index contributed by atoms with van der Waals surface area (Å²) in [6.45, 7) is 10.9. The molecule has 2 aliphatic heterocycles. The number of anilines is 6. The lowest BCUT2D eigenvalue weighted by Gasteiger charge is -2.45. The number of rotatable bonds is 6. The Morgan fingerprint density at radius 3 is 1.89 bits per heavy atom. The summed E-state index contributed by atoms with van der Waals surface area (Å²) in [5.74, 6) is 1.90. The molecule has 6 aromatic carbocycles. The van der Waals surface area contributed by atoms with Crippen molar-refractivity contribution in [1.82, 2.24) is 9.97 Å². The van der Waals surface area contributed by atoms with Crippen LogP contribution in [0.2, 0.25) is 0 Å². The number of hydrogen-bond acceptors (Lipinski definition) is 6. The molecule has 4 heterocycles. The first-order valence-corrected chi connectivity index (χ1v) is 19.0. The van der Waals surface area contributed by atoms with Gasteiger partial charge in [0.25, 0.3) is 6.71 Å². The SMILES string of the molecule is CCc1cc2c3c(c1)N(c1ccc(C)cc1C)c1ccc(-c4nc5ccccc5o4)cc1B3c1cc(Oc3ccccn3)ccc1N2c1ccc(C)cc1C. The molecule has 6 nitrogen and oxygen atoms in total. The third-order valence-corrected chi connectivity index (χ3v) is 11.1. The number of aryl methyl sites for hydroxylation is 5. The Hall–Kier alpha value is -6.60. The maximum atomic E-state index is 6.46. The molecule has 0 radical (unpaired) electrons. The summed E-state index contributed by atoms with van der Waals surface area (Å²) in [6, 6.07) is 45.2. The summed E-state index contributed by atoms with van der Waals surface area (Å²) in [5, 5.41) is 0. The number of hydrogen-bond donors (Lipinski definition) is 0. The summed E-state index contributed by atoms with van der Waals surface area (Å²) in [5.41, 5.74) is 19.3. The first-order chi connectivity index (χ1) is 26.8. The van der Waals surface area contributed by atoms with E-state index in [1.54, 1.807) is 6.20 Å². The van der Waals surface area contributed by atoms with E-state index < -0.39 is 0 Å². The lowest BCUT2D eigenvalue weighted by molar-refractivity contribution is 0.463. The van der Waals surface area contributed by atoms with Gasteiger partial charge in [0.05, 0.1) is 0 Å². The van der Waals surface area contributed by atoms with Gasteiger partial charge in [-0.05, 0) is 140 Å². The van der Waals surface area contributed by atoms with Crippen LogP contribution < -0.4 is 30.9 Å². The Bertz CT molecular complexity index is 2760. The van der Waals surface area contributed by atoms with Crippen molar-refractivity contribution in [2.75, 3.05) is 9.80 Å². The molecule has 0 N–H and O–H groups in total. The molecule has 7 heteroatoms. The number of fused-ring (bicyclic) bond motifs is 5. The number of ether oxygens (including phenoxy) is 1. The second-order valence-electron chi connectivity index (χ2n) is 14.8. The van der Waals surface area contributed by atoms with E-state index in [0.29, 0.717) is 11.8 Å². The maximum absolute atomic E-state index is 6.46. The van der Waals surface area contributed by atoms with Crippen molar-refractivity contribution in [1.29, 1.82) is 0 Å². The summed E-state index contributed by atoms with van der Waals surface area (Å²) < 4.78 is 12.8. The van der Waals surface area contributed by atoms with E-state index in [1.165, 1.54) is 50.1 Å². The predicted molar refractivity (Wildman–Crippen MR) is 226 cm³/mol. The highest BCUT2D eigenvalue weighted by Gasteiger charge is 2.44. The van der Waals surface area contributed by atoms with Crippen LogP contribution in [-0.2, 0) is 6.42 Å². The highest BCUT2D eigenvalue weighted by molar-refractivity contribution is 7.00. The monoisotopic (exact) mass is 714 g/mol. The van der Waals surface area contributed by atoms with Crippen LogP contribution in [0, 0.1) is 27.7 Å². The van der Waals surface area contributed by atoms with E-state index in [1.807, 2.05) is 42.5 Å². The van der Waals surface area contributed by atoms with Crippen LogP contribution in [0.5, 0.6) is 11.6 Å². The molecular weight excluding hydrogens is 675 g/mol. The third kappa shape index (κ3) is 5.41. The minimum Gasteiger partial charge on any atom is -0.439 e.